The highest BCUT2D eigenvalue weighted by Crippen LogP contribution is 2.37. The van der Waals surface area contributed by atoms with Crippen LogP contribution in [0.1, 0.15) is 30.9 Å². The van der Waals surface area contributed by atoms with Gasteiger partial charge in [0.2, 0.25) is 0 Å². The van der Waals surface area contributed by atoms with Crippen molar-refractivity contribution in [1.29, 1.82) is 0 Å². The molecule has 2 N–H and O–H groups in total. The molecule has 15 heavy (non-hydrogen) atoms. The fourth-order valence-corrected chi connectivity index (χ4v) is 1.88. The number of anilines is 1. The van der Waals surface area contributed by atoms with E-state index in [9.17, 15) is 0 Å². The van der Waals surface area contributed by atoms with Gasteiger partial charge in [-0.3, -0.25) is 0 Å². The quantitative estimate of drug-likeness (QED) is 0.816. The van der Waals surface area contributed by atoms with Crippen LogP contribution in [0.5, 0.6) is 0 Å². The highest BCUT2D eigenvalue weighted by Gasteiger charge is 2.24. The molecule has 2 rings (SSSR count). The van der Waals surface area contributed by atoms with Gasteiger partial charge in [-0.05, 0) is 30.0 Å². The Morgan fingerprint density at radius 1 is 1.40 bits per heavy atom. The molecule has 2 nitrogen and oxygen atoms in total. The lowest BCUT2D eigenvalue weighted by atomic mass is 10.0. The third-order valence-electron chi connectivity index (χ3n) is 3.10. The summed E-state index contributed by atoms with van der Waals surface area (Å²) in [5.74, 6) is 0.892. The molecule has 0 saturated heterocycles. The normalized spacial score (nSPS) is 17.5. The third-order valence-corrected chi connectivity index (χ3v) is 3.10. The van der Waals surface area contributed by atoms with E-state index in [-0.39, 0.29) is 6.04 Å². The van der Waals surface area contributed by atoms with E-state index in [4.69, 9.17) is 5.73 Å². The van der Waals surface area contributed by atoms with E-state index in [1.165, 1.54) is 24.1 Å². The molecule has 1 unspecified atom stereocenters. The first-order valence-electron chi connectivity index (χ1n) is 5.69. The van der Waals surface area contributed by atoms with Crippen LogP contribution in [0.4, 0.5) is 5.69 Å². The van der Waals surface area contributed by atoms with Gasteiger partial charge < -0.3 is 10.6 Å². The van der Waals surface area contributed by atoms with Crippen LogP contribution >= 0.6 is 0 Å². The Labute approximate surface area is 92.1 Å². The first-order chi connectivity index (χ1) is 7.16. The topological polar surface area (TPSA) is 29.3 Å². The van der Waals surface area contributed by atoms with Crippen LogP contribution in [0.3, 0.4) is 0 Å². The van der Waals surface area contributed by atoms with Crippen molar-refractivity contribution in [1.82, 2.24) is 0 Å². The van der Waals surface area contributed by atoms with E-state index >= 15 is 0 Å². The number of nitrogens with zero attached hydrogens (tertiary/aromatic N) is 1. The molecule has 2 heteroatoms. The summed E-state index contributed by atoms with van der Waals surface area (Å²) in [6.07, 6.45) is 3.90. The van der Waals surface area contributed by atoms with Gasteiger partial charge in [0.1, 0.15) is 0 Å². The zero-order valence-electron chi connectivity index (χ0n) is 9.61. The van der Waals surface area contributed by atoms with Gasteiger partial charge in [0.15, 0.2) is 0 Å². The minimum absolute atomic E-state index is 0.220. The standard InChI is InChI=1S/C13H20N2/c1-15(2)12-5-3-4-11(9-12)13(14)8-10-6-7-10/h3-5,9-10,13H,6-8,14H2,1-2H3. The molecule has 0 heterocycles. The number of benzene rings is 1. The van der Waals surface area contributed by atoms with Crippen molar-refractivity contribution < 1.29 is 0 Å². The minimum Gasteiger partial charge on any atom is -0.378 e. The van der Waals surface area contributed by atoms with Gasteiger partial charge in [0.05, 0.1) is 0 Å². The summed E-state index contributed by atoms with van der Waals surface area (Å²) in [5, 5.41) is 0. The highest BCUT2D eigenvalue weighted by atomic mass is 15.1. The van der Waals surface area contributed by atoms with E-state index < -0.39 is 0 Å². The first kappa shape index (κ1) is 10.5. The molecule has 1 aliphatic carbocycles. The van der Waals surface area contributed by atoms with Crippen molar-refractivity contribution >= 4 is 5.69 Å². The van der Waals surface area contributed by atoms with Crippen molar-refractivity contribution in [2.45, 2.75) is 25.3 Å². The number of hydrogen-bond donors (Lipinski definition) is 1. The van der Waals surface area contributed by atoms with Crippen molar-refractivity contribution in [3.8, 4) is 0 Å². The van der Waals surface area contributed by atoms with Crippen molar-refractivity contribution in [3.63, 3.8) is 0 Å². The molecule has 0 spiro atoms. The molecule has 0 aliphatic heterocycles. The summed E-state index contributed by atoms with van der Waals surface area (Å²) in [7, 11) is 4.12. The molecule has 1 saturated carbocycles. The maximum Gasteiger partial charge on any atom is 0.0364 e. The van der Waals surface area contributed by atoms with Gasteiger partial charge in [-0.2, -0.15) is 0 Å². The fourth-order valence-electron chi connectivity index (χ4n) is 1.88. The van der Waals surface area contributed by atoms with E-state index in [0.29, 0.717) is 0 Å². The lowest BCUT2D eigenvalue weighted by Gasteiger charge is -2.16. The Kier molecular flexibility index (Phi) is 2.96. The summed E-state index contributed by atoms with van der Waals surface area (Å²) in [6.45, 7) is 0. The lowest BCUT2D eigenvalue weighted by molar-refractivity contribution is 0.597. The summed E-state index contributed by atoms with van der Waals surface area (Å²) in [6, 6.07) is 8.77. The van der Waals surface area contributed by atoms with Crippen molar-refractivity contribution in [2.75, 3.05) is 19.0 Å². The van der Waals surface area contributed by atoms with Crippen LogP contribution < -0.4 is 10.6 Å². The second-order valence-electron chi connectivity index (χ2n) is 4.77. The van der Waals surface area contributed by atoms with E-state index in [2.05, 4.69) is 43.3 Å². The molecular weight excluding hydrogens is 184 g/mol. The minimum atomic E-state index is 0.220. The van der Waals surface area contributed by atoms with Crippen molar-refractivity contribution in [3.05, 3.63) is 29.8 Å². The molecular formula is C13H20N2. The molecule has 0 radical (unpaired) electrons. The van der Waals surface area contributed by atoms with Crippen LogP contribution in [-0.4, -0.2) is 14.1 Å². The Hall–Kier alpha value is -1.02. The number of rotatable bonds is 4. The van der Waals surface area contributed by atoms with Crippen LogP contribution in [0.15, 0.2) is 24.3 Å². The summed E-state index contributed by atoms with van der Waals surface area (Å²) >= 11 is 0. The Morgan fingerprint density at radius 2 is 2.13 bits per heavy atom. The van der Waals surface area contributed by atoms with Gasteiger partial charge in [-0.1, -0.05) is 25.0 Å². The van der Waals surface area contributed by atoms with E-state index in [1.807, 2.05) is 0 Å². The molecule has 1 aliphatic rings. The predicted molar refractivity (Wildman–Crippen MR) is 65.0 cm³/mol. The molecule has 82 valence electrons. The molecule has 1 aromatic carbocycles. The van der Waals surface area contributed by atoms with Crippen LogP contribution in [0.25, 0.3) is 0 Å². The molecule has 1 atom stereocenters. The lowest BCUT2D eigenvalue weighted by Crippen LogP contribution is -2.13. The van der Waals surface area contributed by atoms with Gasteiger partial charge >= 0.3 is 0 Å². The Balaban J connectivity index is 2.08. The second-order valence-corrected chi connectivity index (χ2v) is 4.77. The first-order valence-corrected chi connectivity index (χ1v) is 5.69. The van der Waals surface area contributed by atoms with Crippen LogP contribution in [-0.2, 0) is 0 Å². The zero-order chi connectivity index (χ0) is 10.8. The average molecular weight is 204 g/mol. The van der Waals surface area contributed by atoms with Crippen LogP contribution in [0.2, 0.25) is 0 Å². The predicted octanol–water partition coefficient (Wildman–Crippen LogP) is 2.55. The third kappa shape index (κ3) is 2.72. The average Bonchev–Trinajstić information content (AvgIpc) is 3.02. The van der Waals surface area contributed by atoms with E-state index in [0.717, 1.165) is 12.3 Å². The number of nitrogens with two attached hydrogens (primary N) is 1. The largest absolute Gasteiger partial charge is 0.378 e. The molecule has 0 bridgehead atoms. The monoisotopic (exact) mass is 204 g/mol. The fraction of sp³-hybridized carbons (Fsp3) is 0.538. The SMILES string of the molecule is CN(C)c1cccc(C(N)CC2CC2)c1. The van der Waals surface area contributed by atoms with Crippen LogP contribution in [0, 0.1) is 5.92 Å². The van der Waals surface area contributed by atoms with Gasteiger partial charge in [0.25, 0.3) is 0 Å². The second kappa shape index (κ2) is 4.23. The molecule has 1 fully saturated rings. The van der Waals surface area contributed by atoms with Gasteiger partial charge in [0, 0.05) is 25.8 Å². The highest BCUT2D eigenvalue weighted by molar-refractivity contribution is 5.47. The van der Waals surface area contributed by atoms with E-state index in [1.54, 1.807) is 0 Å². The smallest absolute Gasteiger partial charge is 0.0364 e. The molecule has 0 aromatic heterocycles. The van der Waals surface area contributed by atoms with Crippen molar-refractivity contribution in [2.24, 2.45) is 11.7 Å². The molecule has 0 amide bonds. The summed E-state index contributed by atoms with van der Waals surface area (Å²) in [5.41, 5.74) is 8.69. The van der Waals surface area contributed by atoms with Gasteiger partial charge in [-0.15, -0.1) is 0 Å². The Morgan fingerprint density at radius 3 is 2.73 bits per heavy atom. The number of hydrogen-bond acceptors (Lipinski definition) is 2. The maximum atomic E-state index is 6.19. The maximum absolute atomic E-state index is 6.19. The Bertz CT molecular complexity index is 329. The molecule has 1 aromatic rings. The summed E-state index contributed by atoms with van der Waals surface area (Å²) in [4.78, 5) is 2.12. The zero-order valence-corrected chi connectivity index (χ0v) is 9.61. The summed E-state index contributed by atoms with van der Waals surface area (Å²) < 4.78 is 0. The van der Waals surface area contributed by atoms with Gasteiger partial charge in [-0.25, -0.2) is 0 Å².